The van der Waals surface area contributed by atoms with E-state index in [1.54, 1.807) is 6.92 Å². The lowest BCUT2D eigenvalue weighted by Crippen LogP contribution is -2.45. The Kier molecular flexibility index (Phi) is 6.75. The van der Waals surface area contributed by atoms with Crippen molar-refractivity contribution in [3.63, 3.8) is 0 Å². The number of anilines is 2. The number of rotatable bonds is 2. The number of nitrogens with zero attached hydrogens (tertiary/aromatic N) is 7. The molecule has 8 heterocycles. The van der Waals surface area contributed by atoms with Crippen LogP contribution >= 0.6 is 26.9 Å². The van der Waals surface area contributed by atoms with E-state index in [0.717, 1.165) is 0 Å². The summed E-state index contributed by atoms with van der Waals surface area (Å²) in [6.45, 7) is -3.82. The molecule has 0 aromatic carbocycles. The molecular formula is C22H26N10O11P2S. The summed E-state index contributed by atoms with van der Waals surface area (Å²) >= 11 is 4.23. The topological polar surface area (TPSA) is 278 Å². The Balaban J connectivity index is 1.14. The van der Waals surface area contributed by atoms with Crippen molar-refractivity contribution in [2.24, 2.45) is 0 Å². The Morgan fingerprint density at radius 1 is 1.00 bits per heavy atom. The van der Waals surface area contributed by atoms with Gasteiger partial charge >= 0.3 is 14.6 Å². The largest absolute Gasteiger partial charge is 0.472 e. The first-order valence-corrected chi connectivity index (χ1v) is 17.9. The first-order chi connectivity index (χ1) is 21.8. The number of phosphoric acid groups is 1. The molecule has 246 valence electrons. The molecule has 4 aliphatic heterocycles. The number of nitrogens with one attached hydrogen (secondary N) is 1. The molecule has 4 bridgehead atoms. The van der Waals surface area contributed by atoms with Crippen LogP contribution in [-0.2, 0) is 41.4 Å². The molecule has 8 rings (SSSR count). The predicted molar refractivity (Wildman–Crippen MR) is 156 cm³/mol. The summed E-state index contributed by atoms with van der Waals surface area (Å²) in [5.41, 5.74) is 8.83. The van der Waals surface area contributed by atoms with Crippen molar-refractivity contribution in [1.29, 1.82) is 0 Å². The second kappa shape index (κ2) is 10.2. The van der Waals surface area contributed by atoms with Gasteiger partial charge in [0.05, 0.1) is 38.1 Å². The number of thiol groups is 1. The highest BCUT2D eigenvalue weighted by atomic mass is 32.7. The third kappa shape index (κ3) is 4.87. The third-order valence-corrected chi connectivity index (χ3v) is 10.8. The van der Waals surface area contributed by atoms with Crippen LogP contribution in [0.15, 0.2) is 23.8 Å². The van der Waals surface area contributed by atoms with Gasteiger partial charge in [0.15, 0.2) is 35.1 Å². The summed E-state index contributed by atoms with van der Waals surface area (Å²) in [5, 5.41) is 0. The van der Waals surface area contributed by atoms with Crippen molar-refractivity contribution in [3.05, 3.63) is 29.3 Å². The Bertz CT molecular complexity index is 2040. The van der Waals surface area contributed by atoms with Crippen molar-refractivity contribution in [2.45, 2.75) is 55.3 Å². The van der Waals surface area contributed by atoms with Gasteiger partial charge in [-0.2, -0.15) is 4.98 Å². The number of nitrogens with two attached hydrogens (primary N) is 2. The first-order valence-electron chi connectivity index (χ1n) is 13.7. The molecule has 6 N–H and O–H groups in total. The van der Waals surface area contributed by atoms with Gasteiger partial charge in [-0.25, -0.2) is 29.1 Å². The molecule has 4 saturated heterocycles. The summed E-state index contributed by atoms with van der Waals surface area (Å²) in [4.78, 5) is 46.4. The van der Waals surface area contributed by atoms with E-state index in [1.165, 1.54) is 28.1 Å². The number of aromatic amines is 1. The van der Waals surface area contributed by atoms with Crippen molar-refractivity contribution < 1.29 is 46.3 Å². The predicted octanol–water partition coefficient (Wildman–Crippen LogP) is 0.423. The van der Waals surface area contributed by atoms with Gasteiger partial charge in [-0.05, 0) is 6.92 Å². The Hall–Kier alpha value is -3.01. The average molecular weight is 701 g/mol. The minimum atomic E-state index is -4.85. The zero-order valence-electron chi connectivity index (χ0n) is 23.6. The van der Waals surface area contributed by atoms with Crippen LogP contribution in [0.4, 0.5) is 11.8 Å². The molecule has 4 aromatic rings. The monoisotopic (exact) mass is 700 g/mol. The van der Waals surface area contributed by atoms with Gasteiger partial charge < -0.3 is 30.6 Å². The molecule has 1 unspecified atom stereocenters. The average Bonchev–Trinajstić information content (AvgIpc) is 3.79. The number of ether oxygens (including phenoxy) is 3. The normalized spacial score (nSPS) is 39.7. The fourth-order valence-electron chi connectivity index (χ4n) is 6.21. The number of hydrogen-bond acceptors (Lipinski definition) is 17. The molecule has 9 atom stereocenters. The highest BCUT2D eigenvalue weighted by Gasteiger charge is 2.66. The minimum Gasteiger partial charge on any atom is -0.382 e. The molecule has 4 fully saturated rings. The zero-order valence-corrected chi connectivity index (χ0v) is 26.3. The highest BCUT2D eigenvalue weighted by molar-refractivity contribution is 8.44. The van der Waals surface area contributed by atoms with Gasteiger partial charge in [0, 0.05) is 6.42 Å². The van der Waals surface area contributed by atoms with E-state index in [0.29, 0.717) is 11.2 Å². The van der Waals surface area contributed by atoms with Crippen molar-refractivity contribution in [1.82, 2.24) is 39.0 Å². The van der Waals surface area contributed by atoms with Gasteiger partial charge in [0.25, 0.3) is 5.56 Å². The quantitative estimate of drug-likeness (QED) is 0.140. The fraction of sp³-hybridized carbons (Fsp3) is 0.545. The minimum absolute atomic E-state index is 0.0263. The van der Waals surface area contributed by atoms with E-state index in [2.05, 4.69) is 42.2 Å². The van der Waals surface area contributed by atoms with Crippen molar-refractivity contribution in [3.8, 4) is 0 Å². The highest BCUT2D eigenvalue weighted by Crippen LogP contribution is 2.61. The van der Waals surface area contributed by atoms with Gasteiger partial charge in [0.2, 0.25) is 5.95 Å². The lowest BCUT2D eigenvalue weighted by molar-refractivity contribution is -0.183. The lowest BCUT2D eigenvalue weighted by atomic mass is 10.0. The Labute approximate surface area is 262 Å². The number of H-pyrrole nitrogens is 1. The summed E-state index contributed by atoms with van der Waals surface area (Å²) < 4.78 is 71.5. The number of phosphoric ester groups is 1. The third-order valence-electron chi connectivity index (χ3n) is 8.24. The second-order valence-corrected chi connectivity index (χ2v) is 15.8. The van der Waals surface area contributed by atoms with Gasteiger partial charge in [-0.1, -0.05) is 12.2 Å². The number of hydrogen-bond donors (Lipinski definition) is 5. The van der Waals surface area contributed by atoms with Crippen molar-refractivity contribution >= 4 is 61.0 Å². The van der Waals surface area contributed by atoms with Crippen LogP contribution in [0.25, 0.3) is 22.3 Å². The van der Waals surface area contributed by atoms with E-state index >= 15 is 0 Å². The van der Waals surface area contributed by atoms with Crippen LogP contribution in [0.5, 0.6) is 0 Å². The summed E-state index contributed by atoms with van der Waals surface area (Å²) in [6.07, 6.45) is -1.53. The fourth-order valence-corrected chi connectivity index (χ4v) is 8.80. The molecule has 4 aromatic heterocycles. The SMILES string of the molecule is C[C@@]12COP(=O)(O)O[C@H]3[C@H]4OC[C@]3(CO[P@@](=O)(S)O[C@H](C1)[C@H](n1cnc3c(=O)[nH]c(N)nc31)O2)O[C@H]4n1cnc2c(N)ncnc21. The Morgan fingerprint density at radius 2 is 1.76 bits per heavy atom. The van der Waals surface area contributed by atoms with E-state index in [9.17, 15) is 18.8 Å². The number of fused-ring (bicyclic) bond motifs is 4. The van der Waals surface area contributed by atoms with Crippen molar-refractivity contribution in [2.75, 3.05) is 31.3 Å². The van der Waals surface area contributed by atoms with E-state index in [4.69, 9.17) is 43.8 Å². The van der Waals surface area contributed by atoms with Gasteiger partial charge in [0.1, 0.15) is 35.8 Å². The van der Waals surface area contributed by atoms with E-state index in [1.807, 2.05) is 0 Å². The molecule has 0 saturated carbocycles. The van der Waals surface area contributed by atoms with Gasteiger partial charge in [-0.3, -0.25) is 37.0 Å². The first kappa shape index (κ1) is 30.3. The van der Waals surface area contributed by atoms with E-state index in [-0.39, 0.29) is 36.0 Å². The molecule has 4 aliphatic rings. The molecular weight excluding hydrogens is 674 g/mol. The molecule has 46 heavy (non-hydrogen) atoms. The number of imidazole rings is 2. The number of aromatic nitrogens is 8. The smallest absolute Gasteiger partial charge is 0.382 e. The molecule has 0 amide bonds. The molecule has 24 heteroatoms. The van der Waals surface area contributed by atoms with Crippen LogP contribution in [-0.4, -0.2) is 93.3 Å². The van der Waals surface area contributed by atoms with Crippen LogP contribution in [0.1, 0.15) is 25.8 Å². The maximum absolute atomic E-state index is 13.8. The Morgan fingerprint density at radius 3 is 2.57 bits per heavy atom. The van der Waals surface area contributed by atoms with Crippen LogP contribution in [0.3, 0.4) is 0 Å². The number of nitrogen functional groups attached to an aromatic ring is 2. The molecule has 0 radical (unpaired) electrons. The van der Waals surface area contributed by atoms with Crippen LogP contribution in [0, 0.1) is 0 Å². The lowest BCUT2D eigenvalue weighted by Gasteiger charge is -2.32. The summed E-state index contributed by atoms with van der Waals surface area (Å²) in [7, 11) is -4.85. The van der Waals surface area contributed by atoms with Crippen LogP contribution < -0.4 is 17.0 Å². The second-order valence-electron chi connectivity index (χ2n) is 11.5. The maximum atomic E-state index is 13.8. The standard InChI is InChI=1S/C22H26N10O11P2S/c1-21-2-9(18(40-21)32-8-28-11-16(32)29-20(24)30-17(11)33)42-45(36,46)39-5-22-4-37-12(13(22)43-44(34,35)38-3-21)19(41-22)31-7-27-10-14(23)25-6-26-15(10)31/h6-9,12-13,18-19H,2-5H2,1H3,(H,34,35)(H,36,46)(H2,23,25,26)(H3,24,29,30,33)/t9-,12-,13+,18-,19-,21+,22-,45-/m1/s1. The summed E-state index contributed by atoms with van der Waals surface area (Å²) in [6, 6.07) is 0. The summed E-state index contributed by atoms with van der Waals surface area (Å²) in [5.74, 6) is -0.0437. The molecule has 0 aliphatic carbocycles. The maximum Gasteiger partial charge on any atom is 0.472 e. The van der Waals surface area contributed by atoms with E-state index < -0.39 is 75.4 Å². The van der Waals surface area contributed by atoms with Crippen LogP contribution in [0.2, 0.25) is 0 Å². The van der Waals surface area contributed by atoms with Gasteiger partial charge in [-0.15, -0.1) is 0 Å². The zero-order chi connectivity index (χ0) is 32.2. The molecule has 21 nitrogen and oxygen atoms in total. The molecule has 0 spiro atoms.